The van der Waals surface area contributed by atoms with E-state index in [0.29, 0.717) is 28.1 Å². The highest BCUT2D eigenvalue weighted by Gasteiger charge is 2.33. The van der Waals surface area contributed by atoms with Crippen LogP contribution < -0.4 is 16.4 Å². The molecule has 0 fully saturated rings. The van der Waals surface area contributed by atoms with Crippen molar-refractivity contribution in [3.63, 3.8) is 0 Å². The van der Waals surface area contributed by atoms with E-state index in [-0.39, 0.29) is 17.1 Å². The van der Waals surface area contributed by atoms with Gasteiger partial charge >= 0.3 is 0 Å². The Hall–Kier alpha value is -3.60. The second-order valence-corrected chi connectivity index (χ2v) is 6.11. The fraction of sp³-hybridized carbons (Fsp3) is 0.0476. The van der Waals surface area contributed by atoms with Crippen molar-refractivity contribution >= 4 is 34.3 Å². The van der Waals surface area contributed by atoms with Gasteiger partial charge in [-0.2, -0.15) is 0 Å². The van der Waals surface area contributed by atoms with Crippen LogP contribution in [0, 0.1) is 0 Å². The van der Waals surface area contributed by atoms with Crippen LogP contribution in [0.5, 0.6) is 0 Å². The predicted molar refractivity (Wildman–Crippen MR) is 103 cm³/mol. The van der Waals surface area contributed by atoms with E-state index in [1.807, 2.05) is 31.3 Å². The van der Waals surface area contributed by atoms with Gasteiger partial charge in [0.2, 0.25) is 0 Å². The van der Waals surface area contributed by atoms with E-state index >= 15 is 0 Å². The maximum atomic E-state index is 13.1. The van der Waals surface area contributed by atoms with Crippen LogP contribution in [0.4, 0.5) is 22.7 Å². The molecular weight excluding hydrogens is 326 g/mol. The van der Waals surface area contributed by atoms with Crippen molar-refractivity contribution in [1.29, 1.82) is 0 Å². The number of anilines is 4. The molecule has 0 heterocycles. The van der Waals surface area contributed by atoms with E-state index in [0.717, 1.165) is 11.4 Å². The number of nitrogens with two attached hydrogens (primary N) is 1. The summed E-state index contributed by atoms with van der Waals surface area (Å²) in [5.74, 6) is -0.418. The molecule has 3 aromatic rings. The Morgan fingerprint density at radius 3 is 1.92 bits per heavy atom. The van der Waals surface area contributed by atoms with Crippen LogP contribution in [0.3, 0.4) is 0 Å². The van der Waals surface area contributed by atoms with Gasteiger partial charge in [-0.05, 0) is 36.4 Å². The van der Waals surface area contributed by atoms with E-state index < -0.39 is 0 Å². The third-order valence-electron chi connectivity index (χ3n) is 4.56. The molecule has 4 rings (SSSR count). The molecule has 5 nitrogen and oxygen atoms in total. The number of benzene rings is 3. The Labute approximate surface area is 150 Å². The molecule has 0 spiro atoms. The number of carbonyl (C=O) groups excluding carboxylic acids is 2. The minimum Gasteiger partial charge on any atom is -0.398 e. The highest BCUT2D eigenvalue weighted by Crippen LogP contribution is 2.36. The van der Waals surface area contributed by atoms with Gasteiger partial charge in [0, 0.05) is 35.2 Å². The third kappa shape index (κ3) is 2.41. The lowest BCUT2D eigenvalue weighted by Crippen LogP contribution is -2.23. The number of rotatable bonds is 3. The largest absolute Gasteiger partial charge is 0.398 e. The Bertz CT molecular complexity index is 1040. The lowest BCUT2D eigenvalue weighted by molar-refractivity contribution is 0.0980. The second kappa shape index (κ2) is 6.04. The second-order valence-electron chi connectivity index (χ2n) is 6.11. The first-order valence-corrected chi connectivity index (χ1v) is 8.26. The molecule has 0 aliphatic heterocycles. The zero-order valence-electron chi connectivity index (χ0n) is 14.2. The van der Waals surface area contributed by atoms with Crippen molar-refractivity contribution < 1.29 is 9.59 Å². The standard InChI is InChI=1S/C21H17N3O2/c1-23-12-6-8-13(9-7-12)24-17-11-10-16(22)18-19(17)21(26)15-5-3-2-4-14(15)20(18)25/h2-11,23-24H,22H2,1H3. The van der Waals surface area contributed by atoms with Crippen LogP contribution in [0.25, 0.3) is 0 Å². The molecule has 0 saturated heterocycles. The fourth-order valence-electron chi connectivity index (χ4n) is 3.23. The maximum absolute atomic E-state index is 13.1. The first-order valence-electron chi connectivity index (χ1n) is 8.26. The minimum atomic E-state index is -0.220. The quantitative estimate of drug-likeness (QED) is 0.492. The number of nitrogen functional groups attached to an aromatic ring is 1. The van der Waals surface area contributed by atoms with E-state index in [1.54, 1.807) is 36.4 Å². The molecule has 128 valence electrons. The summed E-state index contributed by atoms with van der Waals surface area (Å²) in [5, 5.41) is 6.29. The Morgan fingerprint density at radius 1 is 0.731 bits per heavy atom. The molecule has 0 atom stereocenters. The molecule has 5 heteroatoms. The summed E-state index contributed by atoms with van der Waals surface area (Å²) in [6.45, 7) is 0. The highest BCUT2D eigenvalue weighted by atomic mass is 16.1. The molecule has 4 N–H and O–H groups in total. The van der Waals surface area contributed by atoms with E-state index in [4.69, 9.17) is 5.73 Å². The van der Waals surface area contributed by atoms with Crippen LogP contribution in [0.1, 0.15) is 31.8 Å². The third-order valence-corrected chi connectivity index (χ3v) is 4.56. The van der Waals surface area contributed by atoms with E-state index in [1.165, 1.54) is 0 Å². The van der Waals surface area contributed by atoms with Gasteiger partial charge in [0.25, 0.3) is 0 Å². The zero-order chi connectivity index (χ0) is 18.3. The first kappa shape index (κ1) is 15.9. The molecule has 1 aliphatic rings. The first-order chi connectivity index (χ1) is 12.6. The van der Waals surface area contributed by atoms with Crippen LogP contribution in [0.2, 0.25) is 0 Å². The maximum Gasteiger partial charge on any atom is 0.196 e. The molecule has 1 aliphatic carbocycles. The highest BCUT2D eigenvalue weighted by molar-refractivity contribution is 6.31. The smallest absolute Gasteiger partial charge is 0.196 e. The topological polar surface area (TPSA) is 84.2 Å². The van der Waals surface area contributed by atoms with Crippen LogP contribution in [-0.2, 0) is 0 Å². The summed E-state index contributed by atoms with van der Waals surface area (Å²) in [4.78, 5) is 26.0. The summed E-state index contributed by atoms with van der Waals surface area (Å²) in [5.41, 5.74) is 10.1. The van der Waals surface area contributed by atoms with Gasteiger partial charge in [0.1, 0.15) is 0 Å². The molecule has 3 aromatic carbocycles. The SMILES string of the molecule is CNc1ccc(Nc2ccc(N)c3c2C(=O)c2ccccc2C3=O)cc1. The van der Waals surface area contributed by atoms with Crippen molar-refractivity contribution in [3.05, 3.63) is 82.9 Å². The Kier molecular flexibility index (Phi) is 3.69. The van der Waals surface area contributed by atoms with Gasteiger partial charge in [-0.15, -0.1) is 0 Å². The number of carbonyl (C=O) groups is 2. The average Bonchev–Trinajstić information content (AvgIpc) is 2.68. The molecule has 0 saturated carbocycles. The normalized spacial score (nSPS) is 12.3. The summed E-state index contributed by atoms with van der Waals surface area (Å²) in [6, 6.07) is 17.9. The minimum absolute atomic E-state index is 0.197. The fourth-order valence-corrected chi connectivity index (χ4v) is 3.23. The van der Waals surface area contributed by atoms with Crippen LogP contribution in [-0.4, -0.2) is 18.6 Å². The summed E-state index contributed by atoms with van der Waals surface area (Å²) >= 11 is 0. The molecule has 0 bridgehead atoms. The molecule has 0 unspecified atom stereocenters. The van der Waals surface area contributed by atoms with E-state index in [9.17, 15) is 9.59 Å². The lowest BCUT2D eigenvalue weighted by atomic mass is 9.82. The van der Waals surface area contributed by atoms with E-state index in [2.05, 4.69) is 10.6 Å². The predicted octanol–water partition coefficient (Wildman–Crippen LogP) is 3.83. The summed E-state index contributed by atoms with van der Waals surface area (Å²) in [6.07, 6.45) is 0. The van der Waals surface area contributed by atoms with Gasteiger partial charge in [0.05, 0.1) is 16.8 Å². The molecule has 0 aromatic heterocycles. The Balaban J connectivity index is 1.83. The molecule has 26 heavy (non-hydrogen) atoms. The van der Waals surface area contributed by atoms with Crippen molar-refractivity contribution in [3.8, 4) is 0 Å². The van der Waals surface area contributed by atoms with Crippen LogP contribution >= 0.6 is 0 Å². The molecule has 0 amide bonds. The Morgan fingerprint density at radius 2 is 1.31 bits per heavy atom. The number of hydrogen-bond donors (Lipinski definition) is 3. The van der Waals surface area contributed by atoms with Gasteiger partial charge in [-0.25, -0.2) is 0 Å². The summed E-state index contributed by atoms with van der Waals surface area (Å²) in [7, 11) is 1.85. The van der Waals surface area contributed by atoms with Gasteiger partial charge in [-0.1, -0.05) is 24.3 Å². The number of hydrogen-bond acceptors (Lipinski definition) is 5. The molecule has 0 radical (unpaired) electrons. The van der Waals surface area contributed by atoms with Gasteiger partial charge < -0.3 is 16.4 Å². The number of nitrogens with one attached hydrogen (secondary N) is 2. The van der Waals surface area contributed by atoms with Gasteiger partial charge in [-0.3, -0.25) is 9.59 Å². The lowest BCUT2D eigenvalue weighted by Gasteiger charge is -2.22. The average molecular weight is 343 g/mol. The van der Waals surface area contributed by atoms with Crippen molar-refractivity contribution in [2.45, 2.75) is 0 Å². The molecular formula is C21H17N3O2. The van der Waals surface area contributed by atoms with Crippen molar-refractivity contribution in [2.24, 2.45) is 0 Å². The van der Waals surface area contributed by atoms with Crippen molar-refractivity contribution in [2.75, 3.05) is 23.4 Å². The number of fused-ring (bicyclic) bond motifs is 2. The zero-order valence-corrected chi connectivity index (χ0v) is 14.2. The number of ketones is 2. The van der Waals surface area contributed by atoms with Gasteiger partial charge in [0.15, 0.2) is 11.6 Å². The monoisotopic (exact) mass is 343 g/mol. The van der Waals surface area contributed by atoms with Crippen molar-refractivity contribution in [1.82, 2.24) is 0 Å². The summed E-state index contributed by atoms with van der Waals surface area (Å²) < 4.78 is 0. The van der Waals surface area contributed by atoms with Crippen LogP contribution in [0.15, 0.2) is 60.7 Å².